The first-order valence-corrected chi connectivity index (χ1v) is 10.3. The number of benzene rings is 2. The quantitative estimate of drug-likeness (QED) is 0.744. The molecule has 2 heterocycles. The molecular formula is C24H30O4. The van der Waals surface area contributed by atoms with Crippen molar-refractivity contribution in [2.75, 3.05) is 0 Å². The molecule has 150 valence electrons. The lowest BCUT2D eigenvalue weighted by Gasteiger charge is -2.41. The van der Waals surface area contributed by atoms with Crippen LogP contribution in [0, 0.1) is 0 Å². The molecule has 0 spiro atoms. The second-order valence-electron chi connectivity index (χ2n) is 8.71. The van der Waals surface area contributed by atoms with Crippen molar-refractivity contribution in [2.24, 2.45) is 0 Å². The van der Waals surface area contributed by atoms with Crippen LogP contribution in [0.15, 0.2) is 42.5 Å². The molecule has 0 amide bonds. The number of aliphatic hydroxyl groups excluding tert-OH is 1. The molecule has 3 atom stereocenters. The van der Waals surface area contributed by atoms with Crippen LogP contribution in [-0.2, 0) is 6.42 Å². The van der Waals surface area contributed by atoms with Crippen LogP contribution in [0.5, 0.6) is 17.2 Å². The molecule has 2 aliphatic heterocycles. The molecule has 0 saturated carbocycles. The van der Waals surface area contributed by atoms with Crippen LogP contribution in [0.4, 0.5) is 0 Å². The zero-order valence-corrected chi connectivity index (χ0v) is 17.0. The molecule has 2 aromatic rings. The Balaban J connectivity index is 1.44. The minimum Gasteiger partial charge on any atom is -0.490 e. The topological polar surface area (TPSA) is 47.9 Å². The van der Waals surface area contributed by atoms with Gasteiger partial charge in [0.2, 0.25) is 0 Å². The predicted octanol–water partition coefficient (Wildman–Crippen LogP) is 5.22. The first-order valence-electron chi connectivity index (χ1n) is 10.3. The van der Waals surface area contributed by atoms with Gasteiger partial charge in [-0.15, -0.1) is 0 Å². The molecule has 3 unspecified atom stereocenters. The lowest BCUT2D eigenvalue weighted by atomic mass is 9.80. The highest BCUT2D eigenvalue weighted by Crippen LogP contribution is 2.51. The van der Waals surface area contributed by atoms with E-state index >= 15 is 0 Å². The van der Waals surface area contributed by atoms with Crippen LogP contribution in [0.2, 0.25) is 0 Å². The van der Waals surface area contributed by atoms with Crippen molar-refractivity contribution in [1.82, 2.24) is 0 Å². The Bertz CT molecular complexity index is 815. The van der Waals surface area contributed by atoms with E-state index in [1.165, 1.54) is 5.56 Å². The maximum absolute atomic E-state index is 10.1. The third kappa shape index (κ3) is 4.27. The van der Waals surface area contributed by atoms with Crippen LogP contribution < -0.4 is 14.2 Å². The van der Waals surface area contributed by atoms with Gasteiger partial charge in [-0.3, -0.25) is 0 Å². The number of hydrogen-bond donors (Lipinski definition) is 1. The average Bonchev–Trinajstić information content (AvgIpc) is 2.60. The Morgan fingerprint density at radius 1 is 1.18 bits per heavy atom. The van der Waals surface area contributed by atoms with Crippen LogP contribution in [-0.4, -0.2) is 23.1 Å². The van der Waals surface area contributed by atoms with Crippen LogP contribution in [0.1, 0.15) is 63.5 Å². The van der Waals surface area contributed by atoms with Crippen molar-refractivity contribution in [3.05, 3.63) is 53.6 Å². The first-order chi connectivity index (χ1) is 13.4. The van der Waals surface area contributed by atoms with Gasteiger partial charge < -0.3 is 19.3 Å². The Hall–Kier alpha value is -2.20. The summed E-state index contributed by atoms with van der Waals surface area (Å²) in [6, 6.07) is 14.4. The zero-order chi connectivity index (χ0) is 19.7. The van der Waals surface area contributed by atoms with Gasteiger partial charge in [-0.2, -0.15) is 0 Å². The predicted molar refractivity (Wildman–Crippen MR) is 109 cm³/mol. The normalized spacial score (nSPS) is 23.1. The molecule has 2 aliphatic rings. The largest absolute Gasteiger partial charge is 0.490 e. The third-order valence-corrected chi connectivity index (χ3v) is 5.62. The van der Waals surface area contributed by atoms with E-state index in [4.69, 9.17) is 14.2 Å². The van der Waals surface area contributed by atoms with Gasteiger partial charge >= 0.3 is 0 Å². The van der Waals surface area contributed by atoms with Gasteiger partial charge in [0.25, 0.3) is 0 Å². The Morgan fingerprint density at radius 2 is 1.93 bits per heavy atom. The molecule has 0 radical (unpaired) electrons. The highest BCUT2D eigenvalue weighted by Gasteiger charge is 2.40. The fraction of sp³-hybridized carbons (Fsp3) is 0.500. The molecule has 0 aromatic heterocycles. The molecule has 4 nitrogen and oxygen atoms in total. The van der Waals surface area contributed by atoms with Gasteiger partial charge in [0.15, 0.2) is 6.29 Å². The summed E-state index contributed by atoms with van der Waals surface area (Å²) in [4.78, 5) is 0. The molecule has 0 bridgehead atoms. The average molecular weight is 383 g/mol. The minimum atomic E-state index is -0.766. The highest BCUT2D eigenvalue weighted by molar-refractivity contribution is 5.55. The van der Waals surface area contributed by atoms with Crippen molar-refractivity contribution >= 4 is 0 Å². The number of rotatable bonds is 6. The molecule has 28 heavy (non-hydrogen) atoms. The van der Waals surface area contributed by atoms with E-state index in [0.717, 1.165) is 42.7 Å². The van der Waals surface area contributed by atoms with E-state index in [1.54, 1.807) is 0 Å². The van der Waals surface area contributed by atoms with Crippen LogP contribution >= 0.6 is 0 Å². The van der Waals surface area contributed by atoms with Gasteiger partial charge in [0.1, 0.15) is 22.8 Å². The highest BCUT2D eigenvalue weighted by atomic mass is 16.6. The number of ether oxygens (including phenoxy) is 3. The lowest BCUT2D eigenvalue weighted by Crippen LogP contribution is -2.38. The second kappa shape index (κ2) is 7.67. The van der Waals surface area contributed by atoms with Crippen molar-refractivity contribution in [3.8, 4) is 17.2 Å². The van der Waals surface area contributed by atoms with Crippen molar-refractivity contribution in [2.45, 2.75) is 76.8 Å². The van der Waals surface area contributed by atoms with E-state index < -0.39 is 6.29 Å². The minimum absolute atomic E-state index is 0.0925. The van der Waals surface area contributed by atoms with E-state index in [9.17, 15) is 5.11 Å². The van der Waals surface area contributed by atoms with Gasteiger partial charge in [0.05, 0.1) is 6.10 Å². The Kier molecular flexibility index (Phi) is 5.24. The fourth-order valence-corrected chi connectivity index (χ4v) is 4.43. The van der Waals surface area contributed by atoms with Gasteiger partial charge in [0, 0.05) is 30.0 Å². The van der Waals surface area contributed by atoms with Crippen LogP contribution in [0.25, 0.3) is 0 Å². The van der Waals surface area contributed by atoms with E-state index in [1.807, 2.05) is 18.2 Å². The summed E-state index contributed by atoms with van der Waals surface area (Å²) in [5, 5.41) is 10.1. The fourth-order valence-electron chi connectivity index (χ4n) is 4.43. The molecule has 0 saturated heterocycles. The maximum Gasteiger partial charge on any atom is 0.197 e. The molecular weight excluding hydrogens is 352 g/mol. The molecule has 4 rings (SSSR count). The van der Waals surface area contributed by atoms with E-state index in [0.29, 0.717) is 12.2 Å². The van der Waals surface area contributed by atoms with Crippen molar-refractivity contribution < 1.29 is 19.3 Å². The van der Waals surface area contributed by atoms with Gasteiger partial charge in [-0.05, 0) is 52.0 Å². The summed E-state index contributed by atoms with van der Waals surface area (Å²) in [6.07, 6.45) is 3.92. The molecule has 4 heteroatoms. The second-order valence-corrected chi connectivity index (χ2v) is 8.71. The molecule has 0 fully saturated rings. The first kappa shape index (κ1) is 19.1. The van der Waals surface area contributed by atoms with Crippen molar-refractivity contribution in [1.29, 1.82) is 0 Å². The van der Waals surface area contributed by atoms with Crippen LogP contribution in [0.3, 0.4) is 0 Å². The van der Waals surface area contributed by atoms with Gasteiger partial charge in [-0.25, -0.2) is 0 Å². The van der Waals surface area contributed by atoms with E-state index in [-0.39, 0.29) is 17.6 Å². The SMILES string of the molecule is CC(CCCc1ccccc1)Oc1cc2c3c(c1)OC(C)(C)CC3CC(O)O2. The smallest absolute Gasteiger partial charge is 0.197 e. The molecule has 1 N–H and O–H groups in total. The van der Waals surface area contributed by atoms with Crippen molar-refractivity contribution in [3.63, 3.8) is 0 Å². The summed E-state index contributed by atoms with van der Waals surface area (Å²) in [5.74, 6) is 2.53. The summed E-state index contributed by atoms with van der Waals surface area (Å²) >= 11 is 0. The summed E-state index contributed by atoms with van der Waals surface area (Å²) in [7, 11) is 0. The number of aryl methyl sites for hydroxylation is 1. The number of hydrogen-bond acceptors (Lipinski definition) is 4. The zero-order valence-electron chi connectivity index (χ0n) is 17.0. The Labute approximate surface area is 167 Å². The number of aliphatic hydroxyl groups is 1. The maximum atomic E-state index is 10.1. The monoisotopic (exact) mass is 382 g/mol. The third-order valence-electron chi connectivity index (χ3n) is 5.62. The Morgan fingerprint density at radius 3 is 2.71 bits per heavy atom. The van der Waals surface area contributed by atoms with E-state index in [2.05, 4.69) is 45.0 Å². The van der Waals surface area contributed by atoms with Gasteiger partial charge in [-0.1, -0.05) is 30.3 Å². The summed E-state index contributed by atoms with van der Waals surface area (Å²) < 4.78 is 18.1. The lowest BCUT2D eigenvalue weighted by molar-refractivity contribution is -0.0527. The summed E-state index contributed by atoms with van der Waals surface area (Å²) in [6.45, 7) is 6.29. The standard InChI is InChI=1S/C24H30O4/c1-16(8-7-11-17-9-5-4-6-10-17)26-19-13-20-23-18(12-22(25)27-20)15-24(2,3)28-21(23)14-19/h4-6,9-10,13-14,16,18,22,25H,7-8,11-12,15H2,1-3H3. The molecule has 0 aliphatic carbocycles. The summed E-state index contributed by atoms with van der Waals surface area (Å²) in [5.41, 5.74) is 2.18. The molecule has 2 aromatic carbocycles.